The Morgan fingerprint density at radius 1 is 1.28 bits per heavy atom. The van der Waals surface area contributed by atoms with Gasteiger partial charge < -0.3 is 10.1 Å². The summed E-state index contributed by atoms with van der Waals surface area (Å²) in [5.74, 6) is -2.53. The number of rotatable bonds is 5. The predicted octanol–water partition coefficient (Wildman–Crippen LogP) is 3.57. The highest BCUT2D eigenvalue weighted by Gasteiger charge is 2.26. The van der Waals surface area contributed by atoms with Crippen molar-refractivity contribution in [3.63, 3.8) is 0 Å². The normalized spacial score (nSPS) is 11.5. The quantitative estimate of drug-likeness (QED) is 0.495. The van der Waals surface area contributed by atoms with Crippen LogP contribution in [0.1, 0.15) is 17.3 Å². The Morgan fingerprint density at radius 3 is 2.60 bits per heavy atom. The average molecular weight is 367 g/mol. The first-order valence-electron chi connectivity index (χ1n) is 7.00. The first-order valence-corrected chi connectivity index (χ1v) is 7.37. The lowest BCUT2D eigenvalue weighted by Gasteiger charge is -2.14. The SMILES string of the molecule is C[C@@H](OC(=O)c1cc(Cl)ccc1[N+](=O)[O-])C(=O)Nc1ccccc1F. The van der Waals surface area contributed by atoms with Gasteiger partial charge in [0, 0.05) is 11.1 Å². The molecule has 7 nitrogen and oxygen atoms in total. The number of amides is 1. The van der Waals surface area contributed by atoms with Crippen molar-refractivity contribution in [1.29, 1.82) is 0 Å². The number of carbonyl (C=O) groups excluding carboxylic acids is 2. The zero-order chi connectivity index (χ0) is 18.6. The first kappa shape index (κ1) is 18.3. The molecule has 0 fully saturated rings. The van der Waals surface area contributed by atoms with Crippen molar-refractivity contribution in [2.45, 2.75) is 13.0 Å². The van der Waals surface area contributed by atoms with E-state index >= 15 is 0 Å². The minimum Gasteiger partial charge on any atom is -0.449 e. The van der Waals surface area contributed by atoms with E-state index in [1.807, 2.05) is 0 Å². The van der Waals surface area contributed by atoms with Crippen LogP contribution in [-0.2, 0) is 9.53 Å². The number of para-hydroxylation sites is 1. The second kappa shape index (κ2) is 7.71. The fourth-order valence-corrected chi connectivity index (χ4v) is 2.08. The number of nitro groups is 1. The van der Waals surface area contributed by atoms with Crippen molar-refractivity contribution in [2.75, 3.05) is 5.32 Å². The van der Waals surface area contributed by atoms with Gasteiger partial charge in [0.2, 0.25) is 0 Å². The molecule has 25 heavy (non-hydrogen) atoms. The van der Waals surface area contributed by atoms with Crippen LogP contribution in [0.4, 0.5) is 15.8 Å². The van der Waals surface area contributed by atoms with Crippen molar-refractivity contribution in [2.24, 2.45) is 0 Å². The molecule has 1 N–H and O–H groups in total. The van der Waals surface area contributed by atoms with Crippen LogP contribution in [0.25, 0.3) is 0 Å². The number of carbonyl (C=O) groups is 2. The molecule has 1 amide bonds. The van der Waals surface area contributed by atoms with E-state index in [-0.39, 0.29) is 16.3 Å². The number of halogens is 2. The van der Waals surface area contributed by atoms with Crippen LogP contribution in [-0.4, -0.2) is 22.9 Å². The third kappa shape index (κ3) is 4.51. The van der Waals surface area contributed by atoms with Crippen LogP contribution in [0.3, 0.4) is 0 Å². The van der Waals surface area contributed by atoms with Gasteiger partial charge in [-0.15, -0.1) is 0 Å². The number of esters is 1. The van der Waals surface area contributed by atoms with E-state index < -0.39 is 34.4 Å². The van der Waals surface area contributed by atoms with Gasteiger partial charge in [-0.3, -0.25) is 14.9 Å². The van der Waals surface area contributed by atoms with Crippen molar-refractivity contribution in [3.8, 4) is 0 Å². The zero-order valence-corrected chi connectivity index (χ0v) is 13.6. The third-order valence-electron chi connectivity index (χ3n) is 3.16. The number of benzene rings is 2. The first-order chi connectivity index (χ1) is 11.8. The molecular weight excluding hydrogens is 355 g/mol. The summed E-state index contributed by atoms with van der Waals surface area (Å²) < 4.78 is 18.4. The molecule has 0 saturated heterocycles. The number of anilines is 1. The molecule has 9 heteroatoms. The molecule has 0 aliphatic heterocycles. The van der Waals surface area contributed by atoms with E-state index in [0.29, 0.717) is 0 Å². The number of nitrogens with zero attached hydrogens (tertiary/aromatic N) is 1. The number of nitrogens with one attached hydrogen (secondary N) is 1. The maximum atomic E-state index is 13.5. The summed E-state index contributed by atoms with van der Waals surface area (Å²) in [7, 11) is 0. The summed E-state index contributed by atoms with van der Waals surface area (Å²) >= 11 is 5.74. The summed E-state index contributed by atoms with van der Waals surface area (Å²) in [5.41, 5.74) is -0.969. The summed E-state index contributed by atoms with van der Waals surface area (Å²) in [6, 6.07) is 8.85. The highest BCUT2D eigenvalue weighted by molar-refractivity contribution is 6.31. The molecule has 0 spiro atoms. The highest BCUT2D eigenvalue weighted by Crippen LogP contribution is 2.24. The second-order valence-corrected chi connectivity index (χ2v) is 5.37. The van der Waals surface area contributed by atoms with E-state index in [4.69, 9.17) is 16.3 Å². The van der Waals surface area contributed by atoms with Gasteiger partial charge in [-0.1, -0.05) is 23.7 Å². The van der Waals surface area contributed by atoms with Crippen LogP contribution in [0.5, 0.6) is 0 Å². The summed E-state index contributed by atoms with van der Waals surface area (Å²) in [5, 5.41) is 13.3. The van der Waals surface area contributed by atoms with Gasteiger partial charge >= 0.3 is 5.97 Å². The van der Waals surface area contributed by atoms with Crippen LogP contribution in [0, 0.1) is 15.9 Å². The number of nitro benzene ring substituents is 1. The van der Waals surface area contributed by atoms with Crippen molar-refractivity contribution in [1.82, 2.24) is 0 Å². The van der Waals surface area contributed by atoms with Gasteiger partial charge in [0.25, 0.3) is 11.6 Å². The Labute approximate surface area is 146 Å². The average Bonchev–Trinajstić information content (AvgIpc) is 2.56. The molecule has 0 saturated carbocycles. The lowest BCUT2D eigenvalue weighted by atomic mass is 10.2. The summed E-state index contributed by atoms with van der Waals surface area (Å²) in [6.07, 6.45) is -1.31. The number of hydrogen-bond acceptors (Lipinski definition) is 5. The lowest BCUT2D eigenvalue weighted by molar-refractivity contribution is -0.385. The van der Waals surface area contributed by atoms with E-state index in [9.17, 15) is 24.1 Å². The van der Waals surface area contributed by atoms with Gasteiger partial charge in [0.15, 0.2) is 6.10 Å². The van der Waals surface area contributed by atoms with Crippen molar-refractivity contribution < 1.29 is 23.6 Å². The van der Waals surface area contributed by atoms with Crippen LogP contribution in [0.15, 0.2) is 42.5 Å². The second-order valence-electron chi connectivity index (χ2n) is 4.94. The zero-order valence-electron chi connectivity index (χ0n) is 12.9. The third-order valence-corrected chi connectivity index (χ3v) is 3.40. The predicted molar refractivity (Wildman–Crippen MR) is 88.0 cm³/mol. The minimum atomic E-state index is -1.31. The van der Waals surface area contributed by atoms with Gasteiger partial charge in [-0.2, -0.15) is 0 Å². The number of ether oxygens (including phenoxy) is 1. The monoisotopic (exact) mass is 366 g/mol. The van der Waals surface area contributed by atoms with Crippen LogP contribution >= 0.6 is 11.6 Å². The molecule has 2 aromatic carbocycles. The van der Waals surface area contributed by atoms with Gasteiger partial charge in [-0.05, 0) is 31.2 Å². The molecule has 0 unspecified atom stereocenters. The van der Waals surface area contributed by atoms with E-state index in [0.717, 1.165) is 18.2 Å². The van der Waals surface area contributed by atoms with Crippen molar-refractivity contribution in [3.05, 3.63) is 69.0 Å². The molecule has 1 atom stereocenters. The molecule has 0 bridgehead atoms. The van der Waals surface area contributed by atoms with Gasteiger partial charge in [0.05, 0.1) is 10.6 Å². The molecule has 0 aromatic heterocycles. The van der Waals surface area contributed by atoms with E-state index in [2.05, 4.69) is 5.32 Å². The Morgan fingerprint density at radius 2 is 1.96 bits per heavy atom. The highest BCUT2D eigenvalue weighted by atomic mass is 35.5. The lowest BCUT2D eigenvalue weighted by Crippen LogP contribution is -2.30. The Balaban J connectivity index is 2.12. The Bertz CT molecular complexity index is 843. The summed E-state index contributed by atoms with van der Waals surface area (Å²) in [6.45, 7) is 1.25. The maximum Gasteiger partial charge on any atom is 0.345 e. The fraction of sp³-hybridized carbons (Fsp3) is 0.125. The number of hydrogen-bond donors (Lipinski definition) is 1. The Kier molecular flexibility index (Phi) is 5.66. The fourth-order valence-electron chi connectivity index (χ4n) is 1.91. The molecule has 0 aliphatic carbocycles. The topological polar surface area (TPSA) is 98.5 Å². The minimum absolute atomic E-state index is 0.0795. The maximum absolute atomic E-state index is 13.5. The molecule has 2 aromatic rings. The van der Waals surface area contributed by atoms with Crippen LogP contribution in [0.2, 0.25) is 5.02 Å². The van der Waals surface area contributed by atoms with Crippen LogP contribution < -0.4 is 5.32 Å². The molecule has 2 rings (SSSR count). The molecule has 0 radical (unpaired) electrons. The molecule has 0 heterocycles. The molecule has 130 valence electrons. The van der Waals surface area contributed by atoms with Gasteiger partial charge in [0.1, 0.15) is 11.4 Å². The standard InChI is InChI=1S/C16H12ClFN2O5/c1-9(15(21)19-13-5-3-2-4-12(13)18)25-16(22)11-8-10(17)6-7-14(11)20(23)24/h2-9H,1H3,(H,19,21)/t9-/m1/s1. The molecule has 0 aliphatic rings. The van der Waals surface area contributed by atoms with E-state index in [1.165, 1.54) is 31.2 Å². The van der Waals surface area contributed by atoms with Crippen molar-refractivity contribution >= 4 is 34.9 Å². The largest absolute Gasteiger partial charge is 0.449 e. The summed E-state index contributed by atoms with van der Waals surface area (Å²) in [4.78, 5) is 34.3. The smallest absolute Gasteiger partial charge is 0.345 e. The Hall–Kier alpha value is -3.00. The van der Waals surface area contributed by atoms with Gasteiger partial charge in [-0.25, -0.2) is 9.18 Å². The molecular formula is C16H12ClFN2O5. The van der Waals surface area contributed by atoms with E-state index in [1.54, 1.807) is 0 Å².